The fraction of sp³-hybridized carbons (Fsp3) is 0.800. The summed E-state index contributed by atoms with van der Waals surface area (Å²) in [4.78, 5) is 23.1. The monoisotopic (exact) mass is 279 g/mol. The van der Waals surface area contributed by atoms with Crippen molar-refractivity contribution in [2.45, 2.75) is 58.8 Å². The lowest BCUT2D eigenvalue weighted by Gasteiger charge is -2.31. The summed E-state index contributed by atoms with van der Waals surface area (Å²) >= 11 is 0. The largest absolute Gasteiger partial charge is 0.350 e. The van der Waals surface area contributed by atoms with E-state index in [0.717, 1.165) is 13.0 Å². The Balaban J connectivity index is 1.89. The highest BCUT2D eigenvalue weighted by atomic mass is 16.2. The zero-order valence-electron chi connectivity index (χ0n) is 12.5. The Labute approximate surface area is 120 Å². The second-order valence-electron chi connectivity index (χ2n) is 6.58. The molecule has 1 fully saturated rings. The predicted octanol–water partition coefficient (Wildman–Crippen LogP) is 1.98. The van der Waals surface area contributed by atoms with Gasteiger partial charge in [-0.2, -0.15) is 5.10 Å². The van der Waals surface area contributed by atoms with Crippen LogP contribution in [-0.2, 0) is 9.59 Å². The molecule has 0 unspecified atom stereocenters. The maximum atomic E-state index is 12.1. The van der Waals surface area contributed by atoms with E-state index in [1.165, 1.54) is 25.7 Å². The second-order valence-corrected chi connectivity index (χ2v) is 6.58. The molecule has 5 heteroatoms. The number of rotatable bonds is 5. The van der Waals surface area contributed by atoms with Crippen LogP contribution in [-0.4, -0.2) is 24.1 Å². The Bertz CT molecular complexity index is 409. The molecule has 0 aromatic rings. The van der Waals surface area contributed by atoms with Gasteiger partial charge in [-0.15, -0.1) is 0 Å². The molecule has 0 radical (unpaired) electrons. The van der Waals surface area contributed by atoms with Gasteiger partial charge in [0.15, 0.2) is 0 Å². The molecule has 1 aliphatic carbocycles. The third-order valence-corrected chi connectivity index (χ3v) is 4.30. The van der Waals surface area contributed by atoms with E-state index in [0.29, 0.717) is 24.5 Å². The highest BCUT2D eigenvalue weighted by molar-refractivity contribution is 6.39. The highest BCUT2D eigenvalue weighted by Gasteiger charge is 2.35. The van der Waals surface area contributed by atoms with E-state index in [-0.39, 0.29) is 17.2 Å². The van der Waals surface area contributed by atoms with Crippen molar-refractivity contribution in [2.75, 3.05) is 6.54 Å². The summed E-state index contributed by atoms with van der Waals surface area (Å²) in [5.74, 6) is 0.407. The lowest BCUT2D eigenvalue weighted by atomic mass is 9.78. The minimum atomic E-state index is -0.125. The molecule has 0 bridgehead atoms. The van der Waals surface area contributed by atoms with Crippen LogP contribution in [0.4, 0.5) is 0 Å². The molecule has 0 atom stereocenters. The molecule has 2 N–H and O–H groups in total. The number of hydrazone groups is 1. The van der Waals surface area contributed by atoms with E-state index in [1.54, 1.807) is 0 Å². The average Bonchev–Trinajstić information content (AvgIpc) is 2.85. The minimum absolute atomic E-state index is 0.117. The zero-order chi connectivity index (χ0) is 14.6. The van der Waals surface area contributed by atoms with E-state index in [2.05, 4.69) is 29.7 Å². The SMILES string of the molecule is CC(C)CC1(CNC(=O)C2=NNC(=O)CC2)CCCC1. The summed E-state index contributed by atoms with van der Waals surface area (Å²) in [5, 5.41) is 6.88. The third-order valence-electron chi connectivity index (χ3n) is 4.30. The zero-order valence-corrected chi connectivity index (χ0v) is 12.5. The van der Waals surface area contributed by atoms with Crippen molar-refractivity contribution >= 4 is 17.5 Å². The molecule has 0 saturated heterocycles. The Morgan fingerprint density at radius 3 is 2.60 bits per heavy atom. The summed E-state index contributed by atoms with van der Waals surface area (Å²) in [5.41, 5.74) is 3.08. The maximum absolute atomic E-state index is 12.1. The second kappa shape index (κ2) is 6.37. The van der Waals surface area contributed by atoms with E-state index in [4.69, 9.17) is 0 Å². The molecule has 0 spiro atoms. The number of amides is 2. The van der Waals surface area contributed by atoms with E-state index < -0.39 is 0 Å². The van der Waals surface area contributed by atoms with Crippen molar-refractivity contribution in [3.8, 4) is 0 Å². The van der Waals surface area contributed by atoms with Crippen molar-refractivity contribution in [1.82, 2.24) is 10.7 Å². The summed E-state index contributed by atoms with van der Waals surface area (Å²) in [7, 11) is 0. The first kappa shape index (κ1) is 15.0. The van der Waals surface area contributed by atoms with Gasteiger partial charge in [0.2, 0.25) is 5.91 Å². The van der Waals surface area contributed by atoms with Crippen LogP contribution < -0.4 is 10.7 Å². The standard InChI is InChI=1S/C15H25N3O2/c1-11(2)9-15(7-3-4-8-15)10-16-14(20)12-5-6-13(19)18-17-12/h11H,3-10H2,1-2H3,(H,16,20)(H,18,19). The van der Waals surface area contributed by atoms with Gasteiger partial charge in [0.1, 0.15) is 5.71 Å². The Hall–Kier alpha value is -1.39. The highest BCUT2D eigenvalue weighted by Crippen LogP contribution is 2.42. The van der Waals surface area contributed by atoms with Crippen molar-refractivity contribution in [3.63, 3.8) is 0 Å². The van der Waals surface area contributed by atoms with Crippen LogP contribution in [0.1, 0.15) is 58.8 Å². The van der Waals surface area contributed by atoms with Gasteiger partial charge in [-0.25, -0.2) is 5.43 Å². The smallest absolute Gasteiger partial charge is 0.267 e. The van der Waals surface area contributed by atoms with Gasteiger partial charge in [-0.3, -0.25) is 9.59 Å². The fourth-order valence-electron chi connectivity index (χ4n) is 3.45. The Morgan fingerprint density at radius 2 is 2.05 bits per heavy atom. The van der Waals surface area contributed by atoms with Crippen molar-refractivity contribution in [2.24, 2.45) is 16.4 Å². The van der Waals surface area contributed by atoms with Crippen LogP contribution in [0.5, 0.6) is 0 Å². The predicted molar refractivity (Wildman–Crippen MR) is 78.2 cm³/mol. The van der Waals surface area contributed by atoms with E-state index in [1.807, 2.05) is 0 Å². The summed E-state index contributed by atoms with van der Waals surface area (Å²) < 4.78 is 0. The minimum Gasteiger partial charge on any atom is -0.350 e. The normalized spacial score (nSPS) is 21.6. The summed E-state index contributed by atoms with van der Waals surface area (Å²) in [6.45, 7) is 5.21. The lowest BCUT2D eigenvalue weighted by Crippen LogP contribution is -2.42. The van der Waals surface area contributed by atoms with E-state index >= 15 is 0 Å². The molecule has 1 saturated carbocycles. The summed E-state index contributed by atoms with van der Waals surface area (Å²) in [6, 6.07) is 0. The van der Waals surface area contributed by atoms with Crippen LogP contribution in [0.25, 0.3) is 0 Å². The molecule has 20 heavy (non-hydrogen) atoms. The average molecular weight is 279 g/mol. The first-order valence-electron chi connectivity index (χ1n) is 7.64. The number of carbonyl (C=O) groups excluding carboxylic acids is 2. The molecule has 2 amide bonds. The van der Waals surface area contributed by atoms with Gasteiger partial charge >= 0.3 is 0 Å². The van der Waals surface area contributed by atoms with E-state index in [9.17, 15) is 9.59 Å². The number of nitrogens with zero attached hydrogens (tertiary/aromatic N) is 1. The Morgan fingerprint density at radius 1 is 1.35 bits per heavy atom. The molecule has 0 aromatic heterocycles. The van der Waals surface area contributed by atoms with Crippen molar-refractivity contribution < 1.29 is 9.59 Å². The van der Waals surface area contributed by atoms with Crippen LogP contribution in [0, 0.1) is 11.3 Å². The number of carbonyl (C=O) groups is 2. The number of hydrogen-bond donors (Lipinski definition) is 2. The van der Waals surface area contributed by atoms with Gasteiger partial charge in [0, 0.05) is 19.4 Å². The van der Waals surface area contributed by atoms with Crippen LogP contribution in [0.2, 0.25) is 0 Å². The molecular formula is C15H25N3O2. The molecule has 112 valence electrons. The topological polar surface area (TPSA) is 70.6 Å². The van der Waals surface area contributed by atoms with Gasteiger partial charge in [-0.1, -0.05) is 26.7 Å². The first-order chi connectivity index (χ1) is 9.51. The number of nitrogens with one attached hydrogen (secondary N) is 2. The van der Waals surface area contributed by atoms with Crippen LogP contribution in [0.3, 0.4) is 0 Å². The van der Waals surface area contributed by atoms with Crippen molar-refractivity contribution in [3.05, 3.63) is 0 Å². The molecule has 1 heterocycles. The Kier molecular flexibility index (Phi) is 4.78. The van der Waals surface area contributed by atoms with Gasteiger partial charge in [-0.05, 0) is 30.6 Å². The van der Waals surface area contributed by atoms with Crippen LogP contribution in [0.15, 0.2) is 5.10 Å². The molecule has 0 aromatic carbocycles. The van der Waals surface area contributed by atoms with Crippen LogP contribution >= 0.6 is 0 Å². The molecular weight excluding hydrogens is 254 g/mol. The van der Waals surface area contributed by atoms with Crippen molar-refractivity contribution in [1.29, 1.82) is 0 Å². The van der Waals surface area contributed by atoms with Gasteiger partial charge in [0.05, 0.1) is 0 Å². The third kappa shape index (κ3) is 3.81. The van der Waals surface area contributed by atoms with Gasteiger partial charge in [0.25, 0.3) is 5.91 Å². The first-order valence-corrected chi connectivity index (χ1v) is 7.64. The lowest BCUT2D eigenvalue weighted by molar-refractivity contribution is -0.121. The quantitative estimate of drug-likeness (QED) is 0.807. The summed E-state index contributed by atoms with van der Waals surface area (Å²) in [6.07, 6.45) is 6.89. The van der Waals surface area contributed by atoms with Gasteiger partial charge < -0.3 is 5.32 Å². The maximum Gasteiger partial charge on any atom is 0.267 e. The molecule has 2 rings (SSSR count). The molecule has 2 aliphatic rings. The fourth-order valence-corrected chi connectivity index (χ4v) is 3.45. The molecule has 1 aliphatic heterocycles. The molecule has 5 nitrogen and oxygen atoms in total. The number of hydrogen-bond acceptors (Lipinski definition) is 3.